The molecule has 142 valence electrons. The maximum atomic E-state index is 5.88. The van der Waals surface area contributed by atoms with E-state index in [0.717, 1.165) is 25.3 Å². The Bertz CT molecular complexity index is 627. The molecular weight excluding hydrogens is 344 g/mol. The Morgan fingerprint density at radius 2 is 1.46 bits per heavy atom. The highest BCUT2D eigenvalue weighted by Gasteiger charge is 2.16. The minimum absolute atomic E-state index is 0. The summed E-state index contributed by atoms with van der Waals surface area (Å²) in [4.78, 5) is 5.16. The van der Waals surface area contributed by atoms with Gasteiger partial charge >= 0.3 is 0 Å². The predicted octanol–water partition coefficient (Wildman–Crippen LogP) is 4.39. The lowest BCUT2D eigenvalue weighted by atomic mass is 10.2. The molecule has 0 saturated carbocycles. The van der Waals surface area contributed by atoms with E-state index in [1.54, 1.807) is 0 Å². The minimum Gasteiger partial charge on any atom is -0.493 e. The number of hydrogen-bond acceptors (Lipinski definition) is 3. The maximum Gasteiger partial charge on any atom is 0.122 e. The van der Waals surface area contributed by atoms with Crippen molar-refractivity contribution < 1.29 is 4.74 Å². The molecular formula is C22H31ClN2O. The topological polar surface area (TPSA) is 15.7 Å². The SMILES string of the molecule is Cc1ccccc1OCCCCN1CCN(Cc2ccccc2)CC1.Cl. The van der Waals surface area contributed by atoms with Gasteiger partial charge in [-0.15, -0.1) is 12.4 Å². The minimum atomic E-state index is 0. The van der Waals surface area contributed by atoms with E-state index in [9.17, 15) is 0 Å². The van der Waals surface area contributed by atoms with Gasteiger partial charge in [0, 0.05) is 32.7 Å². The van der Waals surface area contributed by atoms with E-state index in [4.69, 9.17) is 4.74 Å². The molecule has 0 aliphatic carbocycles. The third-order valence-corrected chi connectivity index (χ3v) is 4.93. The van der Waals surface area contributed by atoms with Crippen molar-refractivity contribution in [2.45, 2.75) is 26.3 Å². The fourth-order valence-corrected chi connectivity index (χ4v) is 3.35. The first-order chi connectivity index (χ1) is 12.3. The molecule has 1 heterocycles. The second-order valence-electron chi connectivity index (χ2n) is 6.92. The molecule has 0 spiro atoms. The van der Waals surface area contributed by atoms with Crippen molar-refractivity contribution in [3.63, 3.8) is 0 Å². The molecule has 2 aromatic rings. The standard InChI is InChI=1S/C22H30N2O.ClH/c1-20-9-5-6-12-22(20)25-18-8-7-13-23-14-16-24(17-15-23)19-21-10-3-2-4-11-21;/h2-6,9-12H,7-8,13-19H2,1H3;1H. The van der Waals surface area contributed by atoms with Gasteiger partial charge in [-0.1, -0.05) is 48.5 Å². The molecule has 0 bridgehead atoms. The van der Waals surface area contributed by atoms with E-state index in [0.29, 0.717) is 0 Å². The Labute approximate surface area is 164 Å². The van der Waals surface area contributed by atoms with Gasteiger partial charge < -0.3 is 9.64 Å². The van der Waals surface area contributed by atoms with Crippen LogP contribution in [0.15, 0.2) is 54.6 Å². The molecule has 0 N–H and O–H groups in total. The summed E-state index contributed by atoms with van der Waals surface area (Å²) in [5.41, 5.74) is 2.64. The lowest BCUT2D eigenvalue weighted by Gasteiger charge is -2.34. The van der Waals surface area contributed by atoms with Crippen molar-refractivity contribution in [3.05, 3.63) is 65.7 Å². The van der Waals surface area contributed by atoms with E-state index in [1.807, 2.05) is 6.07 Å². The highest BCUT2D eigenvalue weighted by Crippen LogP contribution is 2.16. The van der Waals surface area contributed by atoms with E-state index in [2.05, 4.69) is 65.3 Å². The van der Waals surface area contributed by atoms with Gasteiger partial charge in [-0.3, -0.25) is 4.90 Å². The number of aryl methyl sites for hydroxylation is 1. The number of halogens is 1. The van der Waals surface area contributed by atoms with Crippen molar-refractivity contribution >= 4 is 12.4 Å². The van der Waals surface area contributed by atoms with Crippen LogP contribution in [0.3, 0.4) is 0 Å². The van der Waals surface area contributed by atoms with Crippen LogP contribution in [0, 0.1) is 6.92 Å². The summed E-state index contributed by atoms with van der Waals surface area (Å²) in [7, 11) is 0. The van der Waals surface area contributed by atoms with Crippen molar-refractivity contribution in [3.8, 4) is 5.75 Å². The monoisotopic (exact) mass is 374 g/mol. The van der Waals surface area contributed by atoms with Crippen LogP contribution in [-0.4, -0.2) is 49.1 Å². The molecule has 0 aromatic heterocycles. The Hall–Kier alpha value is -1.55. The van der Waals surface area contributed by atoms with Crippen molar-refractivity contribution in [1.29, 1.82) is 0 Å². The zero-order valence-corrected chi connectivity index (χ0v) is 16.6. The lowest BCUT2D eigenvalue weighted by Crippen LogP contribution is -2.46. The Kier molecular flexibility index (Phi) is 8.96. The third-order valence-electron chi connectivity index (χ3n) is 4.93. The van der Waals surface area contributed by atoms with Crippen LogP contribution in [0.2, 0.25) is 0 Å². The zero-order valence-electron chi connectivity index (χ0n) is 15.8. The molecule has 0 atom stereocenters. The van der Waals surface area contributed by atoms with Gasteiger partial charge in [0.05, 0.1) is 6.61 Å². The first kappa shape index (κ1) is 20.8. The highest BCUT2D eigenvalue weighted by molar-refractivity contribution is 5.85. The number of unbranched alkanes of at least 4 members (excludes halogenated alkanes) is 1. The van der Waals surface area contributed by atoms with Crippen LogP contribution < -0.4 is 4.74 Å². The van der Waals surface area contributed by atoms with Crippen LogP contribution in [0.1, 0.15) is 24.0 Å². The zero-order chi connectivity index (χ0) is 17.3. The first-order valence-corrected chi connectivity index (χ1v) is 9.48. The molecule has 4 heteroatoms. The summed E-state index contributed by atoms with van der Waals surface area (Å²) in [5, 5.41) is 0. The van der Waals surface area contributed by atoms with Crippen LogP contribution in [0.5, 0.6) is 5.75 Å². The quantitative estimate of drug-likeness (QED) is 0.637. The smallest absolute Gasteiger partial charge is 0.122 e. The average molecular weight is 375 g/mol. The fraction of sp³-hybridized carbons (Fsp3) is 0.455. The third kappa shape index (κ3) is 6.64. The molecule has 1 saturated heterocycles. The summed E-state index contributed by atoms with van der Waals surface area (Å²) < 4.78 is 5.88. The first-order valence-electron chi connectivity index (χ1n) is 9.48. The second-order valence-corrected chi connectivity index (χ2v) is 6.92. The Morgan fingerprint density at radius 1 is 0.808 bits per heavy atom. The molecule has 0 radical (unpaired) electrons. The molecule has 3 nitrogen and oxygen atoms in total. The largest absolute Gasteiger partial charge is 0.493 e. The number of hydrogen-bond donors (Lipinski definition) is 0. The number of ether oxygens (including phenoxy) is 1. The van der Waals surface area contributed by atoms with Gasteiger partial charge in [0.25, 0.3) is 0 Å². The van der Waals surface area contributed by atoms with Gasteiger partial charge in [-0.05, 0) is 43.5 Å². The van der Waals surface area contributed by atoms with Crippen molar-refractivity contribution in [2.75, 3.05) is 39.3 Å². The molecule has 1 aliphatic heterocycles. The van der Waals surface area contributed by atoms with Gasteiger partial charge in [-0.25, -0.2) is 0 Å². The number of rotatable bonds is 8. The molecule has 3 rings (SSSR count). The van der Waals surface area contributed by atoms with Gasteiger partial charge in [0.2, 0.25) is 0 Å². The summed E-state index contributed by atoms with van der Waals surface area (Å²) in [6.07, 6.45) is 2.34. The van der Waals surface area contributed by atoms with Crippen LogP contribution >= 0.6 is 12.4 Å². The number of nitrogens with zero attached hydrogens (tertiary/aromatic N) is 2. The summed E-state index contributed by atoms with van der Waals surface area (Å²) >= 11 is 0. The molecule has 2 aromatic carbocycles. The highest BCUT2D eigenvalue weighted by atomic mass is 35.5. The number of piperazine rings is 1. The number of para-hydroxylation sites is 1. The van der Waals surface area contributed by atoms with E-state index >= 15 is 0 Å². The van der Waals surface area contributed by atoms with E-state index in [-0.39, 0.29) is 12.4 Å². The van der Waals surface area contributed by atoms with Crippen LogP contribution in [-0.2, 0) is 6.54 Å². The van der Waals surface area contributed by atoms with E-state index < -0.39 is 0 Å². The Morgan fingerprint density at radius 3 is 2.19 bits per heavy atom. The van der Waals surface area contributed by atoms with Gasteiger partial charge in [0.15, 0.2) is 0 Å². The normalized spacial score (nSPS) is 15.4. The Balaban J connectivity index is 0.00000243. The second kappa shape index (κ2) is 11.2. The predicted molar refractivity (Wildman–Crippen MR) is 111 cm³/mol. The van der Waals surface area contributed by atoms with E-state index in [1.165, 1.54) is 50.3 Å². The van der Waals surface area contributed by atoms with Crippen LogP contribution in [0.4, 0.5) is 0 Å². The lowest BCUT2D eigenvalue weighted by molar-refractivity contribution is 0.124. The molecule has 0 amide bonds. The fourth-order valence-electron chi connectivity index (χ4n) is 3.35. The van der Waals surface area contributed by atoms with Gasteiger partial charge in [0.1, 0.15) is 5.75 Å². The molecule has 1 aliphatic rings. The summed E-state index contributed by atoms with van der Waals surface area (Å²) in [6.45, 7) is 9.92. The number of benzene rings is 2. The van der Waals surface area contributed by atoms with Crippen molar-refractivity contribution in [1.82, 2.24) is 9.80 Å². The molecule has 26 heavy (non-hydrogen) atoms. The summed E-state index contributed by atoms with van der Waals surface area (Å²) in [6, 6.07) is 19.0. The average Bonchev–Trinajstić information content (AvgIpc) is 2.65. The summed E-state index contributed by atoms with van der Waals surface area (Å²) in [5.74, 6) is 1.03. The molecule has 1 fully saturated rings. The van der Waals surface area contributed by atoms with Crippen molar-refractivity contribution in [2.24, 2.45) is 0 Å². The van der Waals surface area contributed by atoms with Crippen LogP contribution in [0.25, 0.3) is 0 Å². The van der Waals surface area contributed by atoms with Gasteiger partial charge in [-0.2, -0.15) is 0 Å². The molecule has 0 unspecified atom stereocenters. The maximum absolute atomic E-state index is 5.88.